The van der Waals surface area contributed by atoms with Crippen LogP contribution in [0.4, 0.5) is 13.2 Å². The number of piperidine rings is 1. The third-order valence-corrected chi connectivity index (χ3v) is 5.73. The maximum Gasteiger partial charge on any atom is 0.471 e. The molecule has 0 radical (unpaired) electrons. The third kappa shape index (κ3) is 2.44. The first-order valence-corrected chi connectivity index (χ1v) is 8.23. The highest BCUT2D eigenvalue weighted by molar-refractivity contribution is 7.10. The summed E-state index contributed by atoms with van der Waals surface area (Å²) in [6.07, 6.45) is -3.16. The minimum Gasteiger partial charge on any atom is -0.369 e. The van der Waals surface area contributed by atoms with Gasteiger partial charge >= 0.3 is 12.1 Å². The summed E-state index contributed by atoms with van der Waals surface area (Å²) in [5.74, 6) is -1.75. The number of alkyl halides is 3. The monoisotopic (exact) mass is 333 g/mol. The Kier molecular flexibility index (Phi) is 3.76. The van der Waals surface area contributed by atoms with Crippen LogP contribution in [-0.2, 0) is 21.6 Å². The van der Waals surface area contributed by atoms with Crippen molar-refractivity contribution >= 4 is 17.2 Å². The number of halogens is 3. The Morgan fingerprint density at radius 3 is 2.59 bits per heavy atom. The summed E-state index contributed by atoms with van der Waals surface area (Å²) in [6, 6.07) is 1.05. The molecule has 2 unspecified atom stereocenters. The van der Waals surface area contributed by atoms with E-state index in [4.69, 9.17) is 4.74 Å². The summed E-state index contributed by atoms with van der Waals surface area (Å²) in [5, 5.41) is 2.00. The fourth-order valence-corrected chi connectivity index (χ4v) is 5.00. The van der Waals surface area contributed by atoms with Crippen LogP contribution >= 0.6 is 11.3 Å². The lowest BCUT2D eigenvalue weighted by Crippen LogP contribution is -2.59. The molecule has 3 nitrogen and oxygen atoms in total. The van der Waals surface area contributed by atoms with Crippen molar-refractivity contribution in [3.63, 3.8) is 0 Å². The predicted octanol–water partition coefficient (Wildman–Crippen LogP) is 3.48. The van der Waals surface area contributed by atoms with Crippen LogP contribution in [0.25, 0.3) is 0 Å². The summed E-state index contributed by atoms with van der Waals surface area (Å²) in [7, 11) is 0. The molecule has 1 spiro atoms. The van der Waals surface area contributed by atoms with E-state index in [1.165, 1.54) is 5.56 Å². The average molecular weight is 333 g/mol. The van der Waals surface area contributed by atoms with Crippen LogP contribution in [0.3, 0.4) is 0 Å². The van der Waals surface area contributed by atoms with E-state index in [0.29, 0.717) is 19.4 Å². The Bertz CT molecular complexity index is 572. The molecule has 122 valence electrons. The molecule has 2 aliphatic rings. The second-order valence-electron chi connectivity index (χ2n) is 6.18. The van der Waals surface area contributed by atoms with Gasteiger partial charge in [0.1, 0.15) is 5.60 Å². The summed E-state index contributed by atoms with van der Waals surface area (Å²) in [5.41, 5.74) is 0.689. The summed E-state index contributed by atoms with van der Waals surface area (Å²) < 4.78 is 44.4. The van der Waals surface area contributed by atoms with Gasteiger partial charge in [0.15, 0.2) is 0 Å². The lowest BCUT2D eigenvalue weighted by molar-refractivity contribution is -0.199. The molecule has 0 aliphatic carbocycles. The smallest absolute Gasteiger partial charge is 0.369 e. The fourth-order valence-electron chi connectivity index (χ4n) is 3.87. The third-order valence-electron chi connectivity index (χ3n) is 4.59. The van der Waals surface area contributed by atoms with Gasteiger partial charge in [-0.1, -0.05) is 0 Å². The van der Waals surface area contributed by atoms with Crippen molar-refractivity contribution in [1.82, 2.24) is 4.90 Å². The zero-order valence-corrected chi connectivity index (χ0v) is 13.3. The Morgan fingerprint density at radius 2 is 2.00 bits per heavy atom. The van der Waals surface area contributed by atoms with Crippen LogP contribution in [0.2, 0.25) is 0 Å². The van der Waals surface area contributed by atoms with Crippen LogP contribution in [0.1, 0.15) is 37.1 Å². The topological polar surface area (TPSA) is 29.5 Å². The van der Waals surface area contributed by atoms with Crippen molar-refractivity contribution in [3.05, 3.63) is 21.9 Å². The van der Waals surface area contributed by atoms with E-state index in [1.54, 1.807) is 25.2 Å². The molecule has 1 saturated heterocycles. The first kappa shape index (κ1) is 15.8. The maximum atomic E-state index is 12.8. The molecule has 3 rings (SSSR count). The van der Waals surface area contributed by atoms with Gasteiger partial charge in [-0.05, 0) is 37.3 Å². The minimum atomic E-state index is -4.82. The first-order valence-electron chi connectivity index (χ1n) is 7.35. The molecule has 0 bridgehead atoms. The van der Waals surface area contributed by atoms with Crippen LogP contribution in [0.5, 0.6) is 0 Å². The molecule has 1 aromatic rings. The second kappa shape index (κ2) is 5.23. The molecule has 2 atom stereocenters. The van der Waals surface area contributed by atoms with Gasteiger partial charge in [0.05, 0.1) is 6.61 Å². The Balaban J connectivity index is 1.90. The quantitative estimate of drug-likeness (QED) is 0.727. The van der Waals surface area contributed by atoms with E-state index in [9.17, 15) is 18.0 Å². The van der Waals surface area contributed by atoms with E-state index in [1.807, 2.05) is 5.38 Å². The number of carbonyl (C=O) groups is 1. The number of likely N-dealkylation sites (tertiary alicyclic amines) is 1. The largest absolute Gasteiger partial charge is 0.471 e. The number of thiophene rings is 1. The highest BCUT2D eigenvalue weighted by atomic mass is 32.1. The number of hydrogen-bond donors (Lipinski definition) is 0. The molecular formula is C15H18F3NO2S. The number of rotatable bonds is 0. The molecule has 0 aromatic carbocycles. The number of ether oxygens (including phenoxy) is 1. The average Bonchev–Trinajstić information content (AvgIpc) is 2.86. The Hall–Kier alpha value is -1.08. The number of hydrogen-bond acceptors (Lipinski definition) is 3. The minimum absolute atomic E-state index is 0.409. The second-order valence-corrected chi connectivity index (χ2v) is 7.10. The molecular weight excluding hydrogens is 315 g/mol. The number of carbonyl (C=O) groups excluding carboxylic acids is 1. The number of amides is 1. The molecule has 7 heteroatoms. The van der Waals surface area contributed by atoms with Gasteiger partial charge in [-0.15, -0.1) is 11.3 Å². The van der Waals surface area contributed by atoms with E-state index in [2.05, 4.69) is 6.07 Å². The van der Waals surface area contributed by atoms with Crippen molar-refractivity contribution in [2.75, 3.05) is 6.61 Å². The lowest BCUT2D eigenvalue weighted by atomic mass is 9.79. The summed E-state index contributed by atoms with van der Waals surface area (Å²) >= 11 is 1.60. The Morgan fingerprint density at radius 1 is 1.36 bits per heavy atom. The first-order chi connectivity index (χ1) is 10.2. The molecule has 1 aromatic heterocycles. The van der Waals surface area contributed by atoms with Crippen molar-refractivity contribution in [3.8, 4) is 0 Å². The van der Waals surface area contributed by atoms with Crippen molar-refractivity contribution < 1.29 is 22.7 Å². The maximum absolute atomic E-state index is 12.8. The van der Waals surface area contributed by atoms with Crippen molar-refractivity contribution in [2.45, 2.75) is 57.0 Å². The van der Waals surface area contributed by atoms with Gasteiger partial charge in [-0.3, -0.25) is 4.79 Å². The van der Waals surface area contributed by atoms with E-state index in [-0.39, 0.29) is 0 Å². The zero-order chi connectivity index (χ0) is 16.1. The van der Waals surface area contributed by atoms with E-state index < -0.39 is 29.8 Å². The zero-order valence-electron chi connectivity index (χ0n) is 12.4. The predicted molar refractivity (Wildman–Crippen MR) is 76.7 cm³/mol. The van der Waals surface area contributed by atoms with Crippen LogP contribution in [0.15, 0.2) is 11.4 Å². The van der Waals surface area contributed by atoms with E-state index >= 15 is 0 Å². The summed E-state index contributed by atoms with van der Waals surface area (Å²) in [6.45, 7) is 3.93. The molecule has 2 aliphatic heterocycles. The van der Waals surface area contributed by atoms with Gasteiger partial charge in [0.2, 0.25) is 0 Å². The normalized spacial score (nSPS) is 32.1. The highest BCUT2D eigenvalue weighted by Crippen LogP contribution is 2.48. The van der Waals surface area contributed by atoms with Gasteiger partial charge in [-0.2, -0.15) is 13.2 Å². The van der Waals surface area contributed by atoms with Gasteiger partial charge in [0.25, 0.3) is 0 Å². The molecule has 0 saturated carbocycles. The molecule has 0 N–H and O–H groups in total. The molecule has 22 heavy (non-hydrogen) atoms. The SMILES string of the molecule is CC1CC2(CC(C)N1C(=O)C(F)(F)F)OCCc1ccsc12. The fraction of sp³-hybridized carbons (Fsp3) is 0.667. The van der Waals surface area contributed by atoms with Crippen LogP contribution in [0, 0.1) is 0 Å². The standard InChI is InChI=1S/C15H18F3NO2S/c1-9-7-14(12-11(3-5-21-14)4-6-22-12)8-10(2)19(9)13(20)15(16,17)18/h4,6,9-10H,3,5,7-8H2,1-2H3. The number of nitrogens with zero attached hydrogens (tertiary/aromatic N) is 1. The van der Waals surface area contributed by atoms with E-state index in [0.717, 1.165) is 16.2 Å². The summed E-state index contributed by atoms with van der Waals surface area (Å²) in [4.78, 5) is 13.8. The van der Waals surface area contributed by atoms with Crippen molar-refractivity contribution in [1.29, 1.82) is 0 Å². The van der Waals surface area contributed by atoms with Gasteiger partial charge < -0.3 is 9.64 Å². The Labute approximate surface area is 131 Å². The lowest BCUT2D eigenvalue weighted by Gasteiger charge is -2.50. The number of fused-ring (bicyclic) bond motifs is 2. The van der Waals surface area contributed by atoms with Gasteiger partial charge in [0, 0.05) is 29.8 Å². The van der Waals surface area contributed by atoms with Crippen LogP contribution < -0.4 is 0 Å². The highest BCUT2D eigenvalue weighted by Gasteiger charge is 2.53. The molecule has 3 heterocycles. The van der Waals surface area contributed by atoms with Gasteiger partial charge in [-0.25, -0.2) is 0 Å². The van der Waals surface area contributed by atoms with Crippen molar-refractivity contribution in [2.24, 2.45) is 0 Å². The van der Waals surface area contributed by atoms with Crippen LogP contribution in [-0.4, -0.2) is 35.7 Å². The molecule has 1 fully saturated rings. The molecule has 1 amide bonds.